The van der Waals surface area contributed by atoms with Gasteiger partial charge in [0.25, 0.3) is 5.56 Å². The maximum Gasteiger partial charge on any atom is 0.272 e. The number of carbonyl (C=O) groups excluding carboxylic acids is 1. The van der Waals surface area contributed by atoms with Gasteiger partial charge in [0, 0.05) is 6.54 Å². The van der Waals surface area contributed by atoms with Crippen molar-refractivity contribution < 1.29 is 9.18 Å². The molecule has 4 rings (SSSR count). The fourth-order valence-electron chi connectivity index (χ4n) is 3.42. The Bertz CT molecular complexity index is 1040. The van der Waals surface area contributed by atoms with Gasteiger partial charge in [0.05, 0.1) is 17.1 Å². The van der Waals surface area contributed by atoms with E-state index in [1.807, 2.05) is 18.2 Å². The molecule has 0 N–H and O–H groups in total. The third kappa shape index (κ3) is 2.77. The first-order chi connectivity index (χ1) is 12.5. The number of nitrogens with zero attached hydrogens (tertiary/aromatic N) is 3. The molecule has 0 radical (unpaired) electrons. The van der Waals surface area contributed by atoms with E-state index in [-0.39, 0.29) is 29.9 Å². The molecule has 6 heteroatoms. The number of hydrogen-bond acceptors (Lipinski definition) is 3. The zero-order chi connectivity index (χ0) is 18.3. The van der Waals surface area contributed by atoms with Crippen LogP contribution in [0, 0.1) is 12.7 Å². The smallest absolute Gasteiger partial charge is 0.272 e. The molecule has 2 heterocycles. The van der Waals surface area contributed by atoms with Crippen molar-refractivity contribution in [1.29, 1.82) is 0 Å². The van der Waals surface area contributed by atoms with Crippen LogP contribution < -0.4 is 5.56 Å². The Kier molecular flexibility index (Phi) is 4.03. The van der Waals surface area contributed by atoms with E-state index in [1.165, 1.54) is 16.7 Å². The summed E-state index contributed by atoms with van der Waals surface area (Å²) in [5.74, 6) is -0.417. The van der Waals surface area contributed by atoms with E-state index < -0.39 is 0 Å². The molecule has 0 bridgehead atoms. The minimum Gasteiger partial charge on any atom is -0.334 e. The average Bonchev–Trinajstić information content (AvgIpc) is 2.60. The van der Waals surface area contributed by atoms with Gasteiger partial charge >= 0.3 is 0 Å². The second-order valence-corrected chi connectivity index (χ2v) is 6.52. The van der Waals surface area contributed by atoms with Crippen molar-refractivity contribution in [3.8, 4) is 0 Å². The van der Waals surface area contributed by atoms with Crippen LogP contribution in [0.2, 0.25) is 0 Å². The SMILES string of the molecule is Cc1nc2ccccc2n(CC(=O)N2CC[C@@H]2c2ccc(F)cc2)c1=O. The van der Waals surface area contributed by atoms with Crippen LogP contribution >= 0.6 is 0 Å². The zero-order valence-corrected chi connectivity index (χ0v) is 14.4. The predicted octanol–water partition coefficient (Wildman–Crippen LogP) is 2.82. The van der Waals surface area contributed by atoms with Gasteiger partial charge in [0.15, 0.2) is 0 Å². The van der Waals surface area contributed by atoms with Gasteiger partial charge in [-0.2, -0.15) is 0 Å². The molecule has 0 unspecified atom stereocenters. The minimum absolute atomic E-state index is 0.0274. The van der Waals surface area contributed by atoms with Crippen molar-refractivity contribution >= 4 is 16.9 Å². The number of aromatic nitrogens is 2. The lowest BCUT2D eigenvalue weighted by Crippen LogP contribution is -2.47. The van der Waals surface area contributed by atoms with Gasteiger partial charge in [-0.25, -0.2) is 9.37 Å². The van der Waals surface area contributed by atoms with E-state index in [0.29, 0.717) is 23.3 Å². The Morgan fingerprint density at radius 2 is 1.92 bits per heavy atom. The highest BCUT2D eigenvalue weighted by atomic mass is 19.1. The number of amides is 1. The monoisotopic (exact) mass is 351 g/mol. The molecule has 1 aliphatic heterocycles. The quantitative estimate of drug-likeness (QED) is 0.729. The van der Waals surface area contributed by atoms with Crippen molar-refractivity contribution in [2.75, 3.05) is 6.54 Å². The first kappa shape index (κ1) is 16.4. The molecule has 1 atom stereocenters. The summed E-state index contributed by atoms with van der Waals surface area (Å²) in [6.45, 7) is 2.26. The van der Waals surface area contributed by atoms with Crippen LogP contribution in [0.25, 0.3) is 11.0 Å². The van der Waals surface area contributed by atoms with Gasteiger partial charge in [-0.15, -0.1) is 0 Å². The standard InChI is InChI=1S/C20H18FN3O2/c1-13-20(26)24(18-5-3-2-4-16(18)22-13)12-19(25)23-11-10-17(23)14-6-8-15(21)9-7-14/h2-9,17H,10-12H2,1H3/t17-/m1/s1. The summed E-state index contributed by atoms with van der Waals surface area (Å²) >= 11 is 0. The Hall–Kier alpha value is -3.02. The average molecular weight is 351 g/mol. The molecular formula is C20H18FN3O2. The van der Waals surface area contributed by atoms with Crippen molar-refractivity contribution in [3.05, 3.63) is 76.0 Å². The molecule has 0 aliphatic carbocycles. The van der Waals surface area contributed by atoms with Gasteiger partial charge < -0.3 is 4.90 Å². The third-order valence-electron chi connectivity index (χ3n) is 4.90. The summed E-state index contributed by atoms with van der Waals surface area (Å²) in [6.07, 6.45) is 0.836. The van der Waals surface area contributed by atoms with E-state index in [0.717, 1.165) is 12.0 Å². The van der Waals surface area contributed by atoms with Gasteiger partial charge in [0.2, 0.25) is 5.91 Å². The van der Waals surface area contributed by atoms with E-state index in [9.17, 15) is 14.0 Å². The highest BCUT2D eigenvalue weighted by Crippen LogP contribution is 2.33. The number of hydrogen-bond donors (Lipinski definition) is 0. The number of benzene rings is 2. The fraction of sp³-hybridized carbons (Fsp3) is 0.250. The summed E-state index contributed by atoms with van der Waals surface area (Å²) in [4.78, 5) is 31.4. The highest BCUT2D eigenvalue weighted by molar-refractivity contribution is 5.81. The number of rotatable bonds is 3. The van der Waals surface area contributed by atoms with E-state index >= 15 is 0 Å². The molecular weight excluding hydrogens is 333 g/mol. The van der Waals surface area contributed by atoms with Gasteiger partial charge in [0.1, 0.15) is 18.1 Å². The second-order valence-electron chi connectivity index (χ2n) is 6.52. The summed E-state index contributed by atoms with van der Waals surface area (Å²) in [6, 6.07) is 13.5. The van der Waals surface area contributed by atoms with Crippen molar-refractivity contribution in [3.63, 3.8) is 0 Å². The van der Waals surface area contributed by atoms with Gasteiger partial charge in [-0.05, 0) is 43.2 Å². The first-order valence-corrected chi connectivity index (χ1v) is 8.56. The third-order valence-corrected chi connectivity index (χ3v) is 4.90. The second kappa shape index (κ2) is 6.37. The molecule has 2 aromatic carbocycles. The fourth-order valence-corrected chi connectivity index (χ4v) is 3.42. The largest absolute Gasteiger partial charge is 0.334 e. The number of fused-ring (bicyclic) bond motifs is 1. The number of halogens is 1. The summed E-state index contributed by atoms with van der Waals surface area (Å²) in [7, 11) is 0. The van der Waals surface area contributed by atoms with Gasteiger partial charge in [-0.1, -0.05) is 24.3 Å². The molecule has 1 aliphatic rings. The molecule has 0 spiro atoms. The van der Waals surface area contributed by atoms with Crippen molar-refractivity contribution in [1.82, 2.24) is 14.5 Å². The highest BCUT2D eigenvalue weighted by Gasteiger charge is 2.33. The van der Waals surface area contributed by atoms with E-state index in [1.54, 1.807) is 30.0 Å². The Balaban J connectivity index is 1.63. The lowest BCUT2D eigenvalue weighted by atomic mass is 9.94. The molecule has 5 nitrogen and oxygen atoms in total. The molecule has 1 fully saturated rings. The number of likely N-dealkylation sites (tertiary alicyclic amines) is 1. The lowest BCUT2D eigenvalue weighted by molar-refractivity contribution is -0.139. The predicted molar refractivity (Wildman–Crippen MR) is 96.2 cm³/mol. The molecule has 1 saturated heterocycles. The van der Waals surface area contributed by atoms with Crippen LogP contribution in [0.5, 0.6) is 0 Å². The molecule has 3 aromatic rings. The van der Waals surface area contributed by atoms with Crippen LogP contribution in [0.15, 0.2) is 53.3 Å². The van der Waals surface area contributed by atoms with E-state index in [2.05, 4.69) is 4.98 Å². The molecule has 0 saturated carbocycles. The molecule has 26 heavy (non-hydrogen) atoms. The summed E-state index contributed by atoms with van der Waals surface area (Å²) < 4.78 is 14.6. The summed E-state index contributed by atoms with van der Waals surface area (Å²) in [5.41, 5.74) is 2.37. The minimum atomic E-state index is -0.295. The maximum absolute atomic E-state index is 13.1. The van der Waals surface area contributed by atoms with Crippen LogP contribution in [0.1, 0.15) is 23.7 Å². The number of carbonyl (C=O) groups is 1. The van der Waals surface area contributed by atoms with E-state index in [4.69, 9.17) is 0 Å². The van der Waals surface area contributed by atoms with Crippen LogP contribution in [0.4, 0.5) is 4.39 Å². The Labute approximate surface area is 149 Å². The molecule has 1 amide bonds. The van der Waals surface area contributed by atoms with Crippen LogP contribution in [0.3, 0.4) is 0 Å². The number of para-hydroxylation sites is 2. The van der Waals surface area contributed by atoms with Crippen LogP contribution in [-0.4, -0.2) is 26.9 Å². The first-order valence-electron chi connectivity index (χ1n) is 8.56. The lowest BCUT2D eigenvalue weighted by Gasteiger charge is -2.41. The topological polar surface area (TPSA) is 55.2 Å². The molecule has 132 valence electrons. The number of aryl methyl sites for hydroxylation is 1. The maximum atomic E-state index is 13.1. The van der Waals surface area contributed by atoms with Crippen molar-refractivity contribution in [2.45, 2.75) is 25.9 Å². The zero-order valence-electron chi connectivity index (χ0n) is 14.4. The normalized spacial score (nSPS) is 16.5. The Morgan fingerprint density at radius 1 is 1.19 bits per heavy atom. The summed E-state index contributed by atoms with van der Waals surface area (Å²) in [5, 5.41) is 0. The van der Waals surface area contributed by atoms with Gasteiger partial charge in [-0.3, -0.25) is 14.2 Å². The van der Waals surface area contributed by atoms with Crippen LogP contribution in [-0.2, 0) is 11.3 Å². The van der Waals surface area contributed by atoms with Crippen molar-refractivity contribution in [2.24, 2.45) is 0 Å². The molecule has 1 aromatic heterocycles. The Morgan fingerprint density at radius 3 is 2.62 bits per heavy atom.